The lowest BCUT2D eigenvalue weighted by molar-refractivity contribution is 0.0953. The van der Waals surface area contributed by atoms with Gasteiger partial charge in [0, 0.05) is 29.9 Å². The van der Waals surface area contributed by atoms with E-state index < -0.39 is 0 Å². The topological polar surface area (TPSA) is 65.5 Å². The van der Waals surface area contributed by atoms with Crippen molar-refractivity contribution in [1.82, 2.24) is 16.0 Å². The van der Waals surface area contributed by atoms with Crippen molar-refractivity contribution in [2.45, 2.75) is 45.4 Å². The zero-order valence-corrected chi connectivity index (χ0v) is 19.7. The minimum absolute atomic E-state index is 0. The Morgan fingerprint density at radius 3 is 2.54 bits per heavy atom. The third-order valence-corrected chi connectivity index (χ3v) is 4.97. The zero-order chi connectivity index (χ0) is 18.7. The second-order valence-electron chi connectivity index (χ2n) is 6.47. The molecule has 1 aromatic rings. The van der Waals surface area contributed by atoms with Gasteiger partial charge in [0.1, 0.15) is 0 Å². The average Bonchev–Trinajstić information content (AvgIpc) is 2.62. The maximum absolute atomic E-state index is 12.1. The Kier molecular flexibility index (Phi) is 12.8. The molecule has 0 bridgehead atoms. The van der Waals surface area contributed by atoms with Gasteiger partial charge in [-0.25, -0.2) is 4.99 Å². The molecule has 3 N–H and O–H groups in total. The summed E-state index contributed by atoms with van der Waals surface area (Å²) < 4.78 is 0.146. The molecule has 26 heavy (non-hydrogen) atoms. The van der Waals surface area contributed by atoms with Crippen LogP contribution in [0, 0.1) is 0 Å². The molecule has 0 aliphatic carbocycles. The second kappa shape index (κ2) is 13.2. The fourth-order valence-electron chi connectivity index (χ4n) is 2.03. The fraction of sp³-hybridized carbons (Fsp3) is 0.579. The van der Waals surface area contributed by atoms with E-state index in [2.05, 4.69) is 48.0 Å². The van der Waals surface area contributed by atoms with Gasteiger partial charge in [-0.1, -0.05) is 19.1 Å². The summed E-state index contributed by atoms with van der Waals surface area (Å²) in [6, 6.07) is 7.64. The van der Waals surface area contributed by atoms with Gasteiger partial charge in [-0.2, -0.15) is 11.8 Å². The van der Waals surface area contributed by atoms with Crippen molar-refractivity contribution in [3.05, 3.63) is 35.4 Å². The average molecular weight is 492 g/mol. The number of aliphatic imine (C=N–C) groups is 1. The number of amides is 1. The summed E-state index contributed by atoms with van der Waals surface area (Å²) in [5, 5.41) is 9.55. The van der Waals surface area contributed by atoms with E-state index in [1.807, 2.05) is 43.0 Å². The van der Waals surface area contributed by atoms with Crippen LogP contribution >= 0.6 is 35.7 Å². The standard InChI is InChI=1S/C19H32N4OS.HI/c1-6-11-21-17(24)16-10-8-9-15(12-16)13-22-18(20-7-2)23-14-19(3,4)25-5;/h8-10,12H,6-7,11,13-14H2,1-5H3,(H,21,24)(H2,20,22,23);1H. The lowest BCUT2D eigenvalue weighted by Crippen LogP contribution is -2.43. The third kappa shape index (κ3) is 9.66. The highest BCUT2D eigenvalue weighted by molar-refractivity contribution is 14.0. The largest absolute Gasteiger partial charge is 0.357 e. The van der Waals surface area contributed by atoms with E-state index in [1.165, 1.54) is 0 Å². The van der Waals surface area contributed by atoms with E-state index in [1.54, 1.807) is 0 Å². The Hall–Kier alpha value is -0.960. The molecule has 0 aromatic heterocycles. The van der Waals surface area contributed by atoms with Crippen LogP contribution in [-0.4, -0.2) is 42.5 Å². The maximum atomic E-state index is 12.1. The number of carbonyl (C=O) groups excluding carboxylic acids is 1. The maximum Gasteiger partial charge on any atom is 0.251 e. The molecule has 7 heteroatoms. The number of hydrogen-bond acceptors (Lipinski definition) is 3. The lowest BCUT2D eigenvalue weighted by Gasteiger charge is -2.23. The van der Waals surface area contributed by atoms with Crippen LogP contribution in [0.1, 0.15) is 50.0 Å². The van der Waals surface area contributed by atoms with Crippen LogP contribution in [-0.2, 0) is 6.54 Å². The summed E-state index contributed by atoms with van der Waals surface area (Å²) in [7, 11) is 0. The second-order valence-corrected chi connectivity index (χ2v) is 7.98. The van der Waals surface area contributed by atoms with Gasteiger partial charge in [0.25, 0.3) is 5.91 Å². The molecule has 5 nitrogen and oxygen atoms in total. The summed E-state index contributed by atoms with van der Waals surface area (Å²) in [6.07, 6.45) is 3.04. The normalized spacial score (nSPS) is 11.5. The first kappa shape index (κ1) is 25.0. The molecular weight excluding hydrogens is 459 g/mol. The number of carbonyl (C=O) groups is 1. The van der Waals surface area contributed by atoms with Crippen molar-refractivity contribution in [2.24, 2.45) is 4.99 Å². The number of thioether (sulfide) groups is 1. The van der Waals surface area contributed by atoms with Gasteiger partial charge in [0.15, 0.2) is 5.96 Å². The molecule has 0 saturated heterocycles. The Morgan fingerprint density at radius 2 is 1.92 bits per heavy atom. The quantitative estimate of drug-likeness (QED) is 0.280. The number of nitrogens with one attached hydrogen (secondary N) is 3. The van der Waals surface area contributed by atoms with E-state index in [9.17, 15) is 4.79 Å². The Balaban J connectivity index is 0.00000625. The van der Waals surface area contributed by atoms with Gasteiger partial charge in [-0.05, 0) is 51.1 Å². The van der Waals surface area contributed by atoms with Crippen LogP contribution in [0.2, 0.25) is 0 Å². The first-order valence-corrected chi connectivity index (χ1v) is 10.1. The van der Waals surface area contributed by atoms with E-state index in [0.29, 0.717) is 18.7 Å². The van der Waals surface area contributed by atoms with Gasteiger partial charge in [-0.3, -0.25) is 4.79 Å². The number of benzene rings is 1. The van der Waals surface area contributed by atoms with Crippen LogP contribution in [0.3, 0.4) is 0 Å². The first-order valence-electron chi connectivity index (χ1n) is 8.86. The van der Waals surface area contributed by atoms with E-state index >= 15 is 0 Å². The predicted molar refractivity (Wildman–Crippen MR) is 125 cm³/mol. The number of halogens is 1. The molecule has 1 rings (SSSR count). The Morgan fingerprint density at radius 1 is 1.19 bits per heavy atom. The number of rotatable bonds is 9. The van der Waals surface area contributed by atoms with Gasteiger partial charge >= 0.3 is 0 Å². The molecule has 0 heterocycles. The highest BCUT2D eigenvalue weighted by Gasteiger charge is 2.16. The van der Waals surface area contributed by atoms with Gasteiger partial charge in [0.2, 0.25) is 0 Å². The minimum Gasteiger partial charge on any atom is -0.357 e. The molecular formula is C19H33IN4OS. The van der Waals surface area contributed by atoms with Crippen molar-refractivity contribution in [3.8, 4) is 0 Å². The summed E-state index contributed by atoms with van der Waals surface area (Å²) in [5.41, 5.74) is 1.70. The first-order chi connectivity index (χ1) is 11.9. The predicted octanol–water partition coefficient (Wildman–Crippen LogP) is 3.64. The summed E-state index contributed by atoms with van der Waals surface area (Å²) in [5.74, 6) is 0.768. The Labute approximate surface area is 179 Å². The molecule has 1 amide bonds. The molecule has 0 aliphatic rings. The molecule has 0 aliphatic heterocycles. The minimum atomic E-state index is -0.0283. The highest BCUT2D eigenvalue weighted by atomic mass is 127. The smallest absolute Gasteiger partial charge is 0.251 e. The van der Waals surface area contributed by atoms with Gasteiger partial charge in [-0.15, -0.1) is 24.0 Å². The lowest BCUT2D eigenvalue weighted by atomic mass is 10.1. The van der Waals surface area contributed by atoms with Crippen molar-refractivity contribution in [1.29, 1.82) is 0 Å². The molecule has 0 radical (unpaired) electrons. The van der Waals surface area contributed by atoms with Crippen molar-refractivity contribution >= 4 is 47.6 Å². The van der Waals surface area contributed by atoms with Crippen LogP contribution in [0.15, 0.2) is 29.3 Å². The van der Waals surface area contributed by atoms with Crippen LogP contribution < -0.4 is 16.0 Å². The number of nitrogens with zero attached hydrogens (tertiary/aromatic N) is 1. The van der Waals surface area contributed by atoms with Crippen LogP contribution in [0.5, 0.6) is 0 Å². The summed E-state index contributed by atoms with van der Waals surface area (Å²) >= 11 is 1.82. The molecule has 0 saturated carbocycles. The number of guanidine groups is 1. The Bertz CT molecular complexity index is 578. The van der Waals surface area contributed by atoms with Gasteiger partial charge in [0.05, 0.1) is 6.54 Å². The summed E-state index contributed by atoms with van der Waals surface area (Å²) in [4.78, 5) is 16.7. The van der Waals surface area contributed by atoms with Gasteiger partial charge < -0.3 is 16.0 Å². The van der Waals surface area contributed by atoms with E-state index in [-0.39, 0.29) is 34.6 Å². The molecule has 0 fully saturated rings. The third-order valence-electron chi connectivity index (χ3n) is 3.72. The van der Waals surface area contributed by atoms with E-state index in [4.69, 9.17) is 0 Å². The SMILES string of the molecule is CCCNC(=O)c1cccc(CN=C(NCC)NCC(C)(C)SC)c1.I. The molecule has 0 spiro atoms. The van der Waals surface area contributed by atoms with Crippen molar-refractivity contribution in [2.75, 3.05) is 25.9 Å². The molecule has 0 atom stereocenters. The van der Waals surface area contributed by atoms with Crippen molar-refractivity contribution < 1.29 is 4.79 Å². The molecule has 0 unspecified atom stereocenters. The molecule has 148 valence electrons. The zero-order valence-electron chi connectivity index (χ0n) is 16.5. The monoisotopic (exact) mass is 492 g/mol. The van der Waals surface area contributed by atoms with Crippen LogP contribution in [0.4, 0.5) is 0 Å². The highest BCUT2D eigenvalue weighted by Crippen LogP contribution is 2.19. The van der Waals surface area contributed by atoms with E-state index in [0.717, 1.165) is 31.0 Å². The van der Waals surface area contributed by atoms with Crippen molar-refractivity contribution in [3.63, 3.8) is 0 Å². The van der Waals surface area contributed by atoms with Crippen LogP contribution in [0.25, 0.3) is 0 Å². The summed E-state index contributed by atoms with van der Waals surface area (Å²) in [6.45, 7) is 11.4. The fourth-order valence-corrected chi connectivity index (χ4v) is 2.25. The number of hydrogen-bond donors (Lipinski definition) is 3. The molecule has 1 aromatic carbocycles.